The standard InChI is InChI=1S/C12H16/c1-8-4-7-12(11-5-6-11)10(3)9(8)2/h4,7,11H,5-6H2,1-3H3. The molecule has 0 spiro atoms. The molecular weight excluding hydrogens is 144 g/mol. The highest BCUT2D eigenvalue weighted by Crippen LogP contribution is 2.42. The third-order valence-corrected chi connectivity index (χ3v) is 3.12. The van der Waals surface area contributed by atoms with Gasteiger partial charge in [-0.15, -0.1) is 0 Å². The minimum atomic E-state index is 0.893. The van der Waals surface area contributed by atoms with Crippen LogP contribution in [-0.4, -0.2) is 0 Å². The Bertz CT molecular complexity index is 306. The van der Waals surface area contributed by atoms with Gasteiger partial charge in [0.1, 0.15) is 0 Å². The Balaban J connectivity index is 2.49. The molecule has 0 heterocycles. The first-order valence-corrected chi connectivity index (χ1v) is 4.77. The molecular formula is C12H16. The molecule has 1 aliphatic carbocycles. The van der Waals surface area contributed by atoms with Crippen molar-refractivity contribution in [2.45, 2.75) is 39.5 Å². The number of hydrogen-bond acceptors (Lipinski definition) is 0. The molecule has 1 aromatic rings. The second kappa shape index (κ2) is 2.62. The van der Waals surface area contributed by atoms with Crippen LogP contribution in [-0.2, 0) is 0 Å². The van der Waals surface area contributed by atoms with Crippen LogP contribution in [0.15, 0.2) is 12.1 Å². The summed E-state index contributed by atoms with van der Waals surface area (Å²) in [6.45, 7) is 6.69. The molecule has 0 aliphatic heterocycles. The number of rotatable bonds is 1. The lowest BCUT2D eigenvalue weighted by atomic mass is 9.96. The maximum Gasteiger partial charge on any atom is -0.0159 e. The molecule has 0 amide bonds. The highest BCUT2D eigenvalue weighted by atomic mass is 14.3. The Labute approximate surface area is 74.6 Å². The normalized spacial score (nSPS) is 16.6. The summed E-state index contributed by atoms with van der Waals surface area (Å²) >= 11 is 0. The summed E-state index contributed by atoms with van der Waals surface area (Å²) in [5.74, 6) is 0.893. The lowest BCUT2D eigenvalue weighted by Crippen LogP contribution is -1.92. The van der Waals surface area contributed by atoms with E-state index in [1.54, 1.807) is 5.56 Å². The number of aryl methyl sites for hydroxylation is 1. The van der Waals surface area contributed by atoms with Crippen LogP contribution in [0, 0.1) is 20.8 Å². The van der Waals surface area contributed by atoms with Crippen molar-refractivity contribution in [3.05, 3.63) is 34.4 Å². The summed E-state index contributed by atoms with van der Waals surface area (Å²) in [5.41, 5.74) is 6.03. The van der Waals surface area contributed by atoms with Crippen molar-refractivity contribution >= 4 is 0 Å². The first-order valence-electron chi connectivity index (χ1n) is 4.77. The van der Waals surface area contributed by atoms with Gasteiger partial charge in [0.15, 0.2) is 0 Å². The Kier molecular flexibility index (Phi) is 1.71. The van der Waals surface area contributed by atoms with E-state index >= 15 is 0 Å². The average molecular weight is 160 g/mol. The SMILES string of the molecule is Cc1ccc(C2CC2)c(C)c1C. The molecule has 0 radical (unpaired) electrons. The molecule has 1 saturated carbocycles. The predicted molar refractivity (Wildman–Crippen MR) is 52.6 cm³/mol. The minimum Gasteiger partial charge on any atom is -0.0588 e. The lowest BCUT2D eigenvalue weighted by molar-refractivity contribution is 1.07. The molecule has 0 bridgehead atoms. The average Bonchev–Trinajstić information content (AvgIpc) is 2.84. The zero-order valence-corrected chi connectivity index (χ0v) is 8.15. The van der Waals surface area contributed by atoms with E-state index in [-0.39, 0.29) is 0 Å². The Morgan fingerprint density at radius 2 is 1.67 bits per heavy atom. The Morgan fingerprint density at radius 3 is 2.25 bits per heavy atom. The van der Waals surface area contributed by atoms with E-state index in [2.05, 4.69) is 32.9 Å². The molecule has 1 aliphatic rings. The van der Waals surface area contributed by atoms with Crippen molar-refractivity contribution in [2.75, 3.05) is 0 Å². The van der Waals surface area contributed by atoms with Gasteiger partial charge in [-0.2, -0.15) is 0 Å². The second-order valence-electron chi connectivity index (χ2n) is 4.00. The summed E-state index contributed by atoms with van der Waals surface area (Å²) in [6, 6.07) is 4.57. The van der Waals surface area contributed by atoms with Gasteiger partial charge in [-0.3, -0.25) is 0 Å². The summed E-state index contributed by atoms with van der Waals surface area (Å²) in [6.07, 6.45) is 2.81. The molecule has 0 heteroatoms. The highest BCUT2D eigenvalue weighted by Gasteiger charge is 2.25. The molecule has 1 fully saturated rings. The summed E-state index contributed by atoms with van der Waals surface area (Å²) in [5, 5.41) is 0. The topological polar surface area (TPSA) is 0 Å². The molecule has 0 nitrogen and oxygen atoms in total. The zero-order valence-electron chi connectivity index (χ0n) is 8.15. The first-order chi connectivity index (χ1) is 5.70. The Morgan fingerprint density at radius 1 is 1.00 bits per heavy atom. The van der Waals surface area contributed by atoms with Crippen LogP contribution in [0.25, 0.3) is 0 Å². The van der Waals surface area contributed by atoms with Crippen LogP contribution >= 0.6 is 0 Å². The largest absolute Gasteiger partial charge is 0.0588 e. The maximum absolute atomic E-state index is 2.31. The second-order valence-corrected chi connectivity index (χ2v) is 4.00. The van der Waals surface area contributed by atoms with Crippen LogP contribution < -0.4 is 0 Å². The maximum atomic E-state index is 2.31. The van der Waals surface area contributed by atoms with E-state index in [0.29, 0.717) is 0 Å². The van der Waals surface area contributed by atoms with Crippen molar-refractivity contribution in [3.63, 3.8) is 0 Å². The molecule has 0 atom stereocenters. The molecule has 0 aromatic heterocycles. The van der Waals surface area contributed by atoms with Gasteiger partial charge >= 0.3 is 0 Å². The monoisotopic (exact) mass is 160 g/mol. The summed E-state index contributed by atoms with van der Waals surface area (Å²) < 4.78 is 0. The third-order valence-electron chi connectivity index (χ3n) is 3.12. The van der Waals surface area contributed by atoms with Crippen LogP contribution in [0.1, 0.15) is 41.0 Å². The van der Waals surface area contributed by atoms with Gasteiger partial charge in [-0.1, -0.05) is 12.1 Å². The molecule has 1 aromatic carbocycles. The van der Waals surface area contributed by atoms with E-state index in [9.17, 15) is 0 Å². The van der Waals surface area contributed by atoms with Crippen molar-refractivity contribution in [1.82, 2.24) is 0 Å². The zero-order chi connectivity index (χ0) is 8.72. The molecule has 0 N–H and O–H groups in total. The van der Waals surface area contributed by atoms with Gasteiger partial charge in [-0.05, 0) is 61.8 Å². The van der Waals surface area contributed by atoms with Gasteiger partial charge in [0.2, 0.25) is 0 Å². The summed E-state index contributed by atoms with van der Waals surface area (Å²) in [7, 11) is 0. The van der Waals surface area contributed by atoms with Crippen molar-refractivity contribution < 1.29 is 0 Å². The fraction of sp³-hybridized carbons (Fsp3) is 0.500. The number of hydrogen-bond donors (Lipinski definition) is 0. The minimum absolute atomic E-state index is 0.893. The molecule has 12 heavy (non-hydrogen) atoms. The van der Waals surface area contributed by atoms with E-state index < -0.39 is 0 Å². The first kappa shape index (κ1) is 7.85. The van der Waals surface area contributed by atoms with Gasteiger partial charge in [0.05, 0.1) is 0 Å². The summed E-state index contributed by atoms with van der Waals surface area (Å²) in [4.78, 5) is 0. The molecule has 0 saturated heterocycles. The van der Waals surface area contributed by atoms with Crippen molar-refractivity contribution in [1.29, 1.82) is 0 Å². The van der Waals surface area contributed by atoms with Crippen LogP contribution in [0.4, 0.5) is 0 Å². The Hall–Kier alpha value is -0.780. The highest BCUT2D eigenvalue weighted by molar-refractivity contribution is 5.41. The van der Waals surface area contributed by atoms with E-state index in [4.69, 9.17) is 0 Å². The van der Waals surface area contributed by atoms with Gasteiger partial charge in [0.25, 0.3) is 0 Å². The predicted octanol–water partition coefficient (Wildman–Crippen LogP) is 3.49. The van der Waals surface area contributed by atoms with E-state index in [0.717, 1.165) is 5.92 Å². The van der Waals surface area contributed by atoms with E-state index in [1.807, 2.05) is 0 Å². The fourth-order valence-corrected chi connectivity index (χ4v) is 1.81. The van der Waals surface area contributed by atoms with E-state index in [1.165, 1.54) is 29.5 Å². The number of benzene rings is 1. The molecule has 64 valence electrons. The van der Waals surface area contributed by atoms with Crippen LogP contribution in [0.2, 0.25) is 0 Å². The fourth-order valence-electron chi connectivity index (χ4n) is 1.81. The van der Waals surface area contributed by atoms with Crippen molar-refractivity contribution in [3.8, 4) is 0 Å². The van der Waals surface area contributed by atoms with Crippen LogP contribution in [0.3, 0.4) is 0 Å². The smallest absolute Gasteiger partial charge is 0.0159 e. The van der Waals surface area contributed by atoms with Crippen molar-refractivity contribution in [2.24, 2.45) is 0 Å². The molecule has 0 unspecified atom stereocenters. The lowest BCUT2D eigenvalue weighted by Gasteiger charge is -2.09. The van der Waals surface area contributed by atoms with Crippen LogP contribution in [0.5, 0.6) is 0 Å². The van der Waals surface area contributed by atoms with Gasteiger partial charge in [-0.25, -0.2) is 0 Å². The quantitative estimate of drug-likeness (QED) is 0.590. The molecule has 2 rings (SSSR count). The van der Waals surface area contributed by atoms with Gasteiger partial charge < -0.3 is 0 Å². The third kappa shape index (κ3) is 1.16. The van der Waals surface area contributed by atoms with Gasteiger partial charge in [0, 0.05) is 0 Å².